The number of carbonyl (C=O) groups excluding carboxylic acids is 1. The molecule has 3 heteroatoms. The Labute approximate surface area is 105 Å². The summed E-state index contributed by atoms with van der Waals surface area (Å²) in [5.41, 5.74) is 1.26. The fourth-order valence-corrected chi connectivity index (χ4v) is 2.00. The third-order valence-corrected chi connectivity index (χ3v) is 3.32. The fraction of sp³-hybridized carbons (Fsp3) is 0.462. The summed E-state index contributed by atoms with van der Waals surface area (Å²) in [6.07, 6.45) is 3.03. The maximum Gasteiger partial charge on any atom is 0.223 e. The number of hydrogen-bond donors (Lipinski definition) is 1. The van der Waals surface area contributed by atoms with Gasteiger partial charge >= 0.3 is 0 Å². The Hall–Kier alpha value is -0.830. The van der Waals surface area contributed by atoms with Crippen LogP contribution in [0.4, 0.5) is 0 Å². The van der Waals surface area contributed by atoms with Crippen LogP contribution in [0.3, 0.4) is 0 Å². The summed E-state index contributed by atoms with van der Waals surface area (Å²) in [6.45, 7) is 2.06. The van der Waals surface area contributed by atoms with Gasteiger partial charge in [0.15, 0.2) is 0 Å². The number of benzene rings is 1. The Bertz CT molecular complexity index is 370. The molecule has 0 saturated heterocycles. The number of carbonyl (C=O) groups is 1. The molecule has 0 spiro atoms. The first-order valence-electron chi connectivity index (χ1n) is 5.70. The topological polar surface area (TPSA) is 29.1 Å². The molecule has 86 valence electrons. The molecule has 1 aromatic rings. The van der Waals surface area contributed by atoms with Crippen molar-refractivity contribution >= 4 is 21.8 Å². The maximum atomic E-state index is 11.5. The lowest BCUT2D eigenvalue weighted by atomic mass is 10.1. The van der Waals surface area contributed by atoms with Crippen LogP contribution in [-0.2, 0) is 11.2 Å². The molecule has 1 aliphatic rings. The summed E-state index contributed by atoms with van der Waals surface area (Å²) in [5, 5.41) is 3.05. The van der Waals surface area contributed by atoms with Gasteiger partial charge in [-0.15, -0.1) is 0 Å². The van der Waals surface area contributed by atoms with E-state index in [-0.39, 0.29) is 11.9 Å². The molecular formula is C13H16BrNO. The minimum absolute atomic E-state index is 0.217. The van der Waals surface area contributed by atoms with Crippen LogP contribution < -0.4 is 5.32 Å². The van der Waals surface area contributed by atoms with E-state index < -0.39 is 0 Å². The SMILES string of the molecule is CC(Cc1ccc(Br)cc1)NC(=O)C1CC1. The van der Waals surface area contributed by atoms with Crippen molar-refractivity contribution in [3.63, 3.8) is 0 Å². The minimum Gasteiger partial charge on any atom is -0.353 e. The van der Waals surface area contributed by atoms with E-state index in [4.69, 9.17) is 0 Å². The molecule has 2 rings (SSSR count). The van der Waals surface area contributed by atoms with Crippen LogP contribution in [0.1, 0.15) is 25.3 Å². The molecule has 0 aromatic heterocycles. The molecule has 16 heavy (non-hydrogen) atoms. The number of halogens is 1. The van der Waals surface area contributed by atoms with Crippen LogP contribution >= 0.6 is 15.9 Å². The summed E-state index contributed by atoms with van der Waals surface area (Å²) in [6, 6.07) is 8.46. The standard InChI is InChI=1S/C13H16BrNO/c1-9(15-13(16)11-4-5-11)8-10-2-6-12(14)7-3-10/h2-3,6-7,9,11H,4-5,8H2,1H3,(H,15,16). The van der Waals surface area contributed by atoms with Gasteiger partial charge in [-0.2, -0.15) is 0 Å². The first kappa shape index (κ1) is 11.6. The lowest BCUT2D eigenvalue weighted by Crippen LogP contribution is -2.35. The van der Waals surface area contributed by atoms with Crippen LogP contribution in [0, 0.1) is 5.92 Å². The van der Waals surface area contributed by atoms with E-state index in [1.54, 1.807) is 0 Å². The molecule has 1 aliphatic carbocycles. The molecule has 1 aromatic carbocycles. The third-order valence-electron chi connectivity index (χ3n) is 2.79. The van der Waals surface area contributed by atoms with Crippen LogP contribution in [0.15, 0.2) is 28.7 Å². The molecule has 1 unspecified atom stereocenters. The predicted octanol–water partition coefficient (Wildman–Crippen LogP) is 2.91. The zero-order chi connectivity index (χ0) is 11.5. The summed E-state index contributed by atoms with van der Waals surface area (Å²) in [7, 11) is 0. The smallest absolute Gasteiger partial charge is 0.223 e. The first-order chi connectivity index (χ1) is 7.65. The van der Waals surface area contributed by atoms with Gasteiger partial charge in [0.1, 0.15) is 0 Å². The Morgan fingerprint density at radius 3 is 2.62 bits per heavy atom. The maximum absolute atomic E-state index is 11.5. The second-order valence-electron chi connectivity index (χ2n) is 4.51. The number of rotatable bonds is 4. The van der Waals surface area contributed by atoms with Crippen LogP contribution in [-0.4, -0.2) is 11.9 Å². The van der Waals surface area contributed by atoms with Crippen molar-refractivity contribution in [2.24, 2.45) is 5.92 Å². The second-order valence-corrected chi connectivity index (χ2v) is 5.43. The minimum atomic E-state index is 0.217. The molecule has 1 atom stereocenters. The summed E-state index contributed by atoms with van der Waals surface area (Å²) in [5.74, 6) is 0.525. The van der Waals surface area contributed by atoms with Crippen molar-refractivity contribution in [2.75, 3.05) is 0 Å². The second kappa shape index (κ2) is 5.00. The van der Waals surface area contributed by atoms with Crippen LogP contribution in [0.25, 0.3) is 0 Å². The highest BCUT2D eigenvalue weighted by molar-refractivity contribution is 9.10. The Morgan fingerprint density at radius 2 is 2.06 bits per heavy atom. The molecule has 1 fully saturated rings. The van der Waals surface area contributed by atoms with Crippen LogP contribution in [0.5, 0.6) is 0 Å². The summed E-state index contributed by atoms with van der Waals surface area (Å²) >= 11 is 3.41. The highest BCUT2D eigenvalue weighted by atomic mass is 79.9. The van der Waals surface area contributed by atoms with E-state index in [1.165, 1.54) is 5.56 Å². The van der Waals surface area contributed by atoms with Gasteiger partial charge in [0.05, 0.1) is 0 Å². The number of nitrogens with one attached hydrogen (secondary N) is 1. The van der Waals surface area contributed by atoms with Crippen molar-refractivity contribution < 1.29 is 4.79 Å². The molecule has 1 amide bonds. The molecule has 0 radical (unpaired) electrons. The Morgan fingerprint density at radius 1 is 1.44 bits per heavy atom. The summed E-state index contributed by atoms with van der Waals surface area (Å²) < 4.78 is 1.09. The lowest BCUT2D eigenvalue weighted by molar-refractivity contribution is -0.122. The van der Waals surface area contributed by atoms with Crippen molar-refractivity contribution in [3.8, 4) is 0 Å². The third kappa shape index (κ3) is 3.34. The molecule has 1 saturated carbocycles. The van der Waals surface area contributed by atoms with E-state index >= 15 is 0 Å². The van der Waals surface area contributed by atoms with E-state index in [1.807, 2.05) is 12.1 Å². The van der Waals surface area contributed by atoms with Gasteiger partial charge in [0, 0.05) is 16.4 Å². The van der Waals surface area contributed by atoms with Gasteiger partial charge in [-0.25, -0.2) is 0 Å². The van der Waals surface area contributed by atoms with Gasteiger partial charge < -0.3 is 5.32 Å². The lowest BCUT2D eigenvalue weighted by Gasteiger charge is -2.13. The van der Waals surface area contributed by atoms with Crippen LogP contribution in [0.2, 0.25) is 0 Å². The monoisotopic (exact) mass is 281 g/mol. The molecule has 0 heterocycles. The fourth-order valence-electron chi connectivity index (χ4n) is 1.73. The van der Waals surface area contributed by atoms with E-state index in [9.17, 15) is 4.79 Å². The normalized spacial score (nSPS) is 16.9. The van der Waals surface area contributed by atoms with E-state index in [0.29, 0.717) is 5.92 Å². The Balaban J connectivity index is 1.83. The zero-order valence-electron chi connectivity index (χ0n) is 9.37. The van der Waals surface area contributed by atoms with Gasteiger partial charge in [-0.3, -0.25) is 4.79 Å². The zero-order valence-corrected chi connectivity index (χ0v) is 11.0. The quantitative estimate of drug-likeness (QED) is 0.904. The largest absolute Gasteiger partial charge is 0.353 e. The van der Waals surface area contributed by atoms with Gasteiger partial charge in [-0.1, -0.05) is 28.1 Å². The molecule has 2 nitrogen and oxygen atoms in total. The van der Waals surface area contributed by atoms with Crippen molar-refractivity contribution in [1.82, 2.24) is 5.32 Å². The molecular weight excluding hydrogens is 266 g/mol. The predicted molar refractivity (Wildman–Crippen MR) is 68.2 cm³/mol. The average molecular weight is 282 g/mol. The highest BCUT2D eigenvalue weighted by Crippen LogP contribution is 2.28. The van der Waals surface area contributed by atoms with Gasteiger partial charge in [-0.05, 0) is 43.9 Å². The Kier molecular flexibility index (Phi) is 3.64. The summed E-state index contributed by atoms with van der Waals surface area (Å²) in [4.78, 5) is 11.5. The average Bonchev–Trinajstić information content (AvgIpc) is 3.04. The number of amides is 1. The highest BCUT2D eigenvalue weighted by Gasteiger charge is 2.30. The van der Waals surface area contributed by atoms with Crippen molar-refractivity contribution in [1.29, 1.82) is 0 Å². The molecule has 1 N–H and O–H groups in total. The first-order valence-corrected chi connectivity index (χ1v) is 6.49. The molecule has 0 aliphatic heterocycles. The van der Waals surface area contributed by atoms with Gasteiger partial charge in [0.2, 0.25) is 5.91 Å². The van der Waals surface area contributed by atoms with Crippen molar-refractivity contribution in [2.45, 2.75) is 32.2 Å². The van der Waals surface area contributed by atoms with E-state index in [2.05, 4.69) is 40.3 Å². The van der Waals surface area contributed by atoms with Gasteiger partial charge in [0.25, 0.3) is 0 Å². The molecule has 0 bridgehead atoms. The number of hydrogen-bond acceptors (Lipinski definition) is 1. The van der Waals surface area contributed by atoms with E-state index in [0.717, 1.165) is 23.7 Å². The van der Waals surface area contributed by atoms with Crippen molar-refractivity contribution in [3.05, 3.63) is 34.3 Å².